The maximum absolute atomic E-state index is 12.6. The summed E-state index contributed by atoms with van der Waals surface area (Å²) in [6, 6.07) is 10.3. The highest BCUT2D eigenvalue weighted by Crippen LogP contribution is 2.39. The first-order chi connectivity index (χ1) is 26.8. The van der Waals surface area contributed by atoms with Crippen LogP contribution in [0, 0.1) is 0 Å². The second kappa shape index (κ2) is 14.0. The molecular formula is C28H20N6O18S6. The second-order valence-electron chi connectivity index (χ2n) is 11.9. The van der Waals surface area contributed by atoms with Gasteiger partial charge in [0.2, 0.25) is 0 Å². The molecule has 0 atom stereocenters. The molecule has 2 aromatic heterocycles. The van der Waals surface area contributed by atoms with E-state index in [0.29, 0.717) is 35.4 Å². The Kier molecular flexibility index (Phi) is 9.92. The largest absolute Gasteiger partial charge is 0.380 e. The van der Waals surface area contributed by atoms with Gasteiger partial charge in [0.15, 0.2) is 11.5 Å². The SMILES string of the molecule is CS(=O)(=O)Oc1cc(-n2nc3ccc4c(S(=O)(=O)O)cc(S(=O)(=O)O)cc4c3n2)c(OS(C)(=O)=O)cc1-n1nc2ccc3c(SOOO)cc(S(=O)(=O)O)cc3c2n1. The Bertz CT molecular complexity index is 3480. The minimum absolute atomic E-state index is 0.000205. The molecule has 0 bridgehead atoms. The molecule has 0 fully saturated rings. The number of rotatable bonds is 12. The lowest BCUT2D eigenvalue weighted by molar-refractivity contribution is -0.432. The first-order valence-corrected chi connectivity index (χ1v) is 23.7. The van der Waals surface area contributed by atoms with Crippen LogP contribution in [0.4, 0.5) is 0 Å². The van der Waals surface area contributed by atoms with E-state index in [2.05, 4.69) is 29.8 Å². The van der Waals surface area contributed by atoms with Gasteiger partial charge in [-0.25, -0.2) is 5.26 Å². The molecule has 0 saturated carbocycles. The zero-order chi connectivity index (χ0) is 42.3. The van der Waals surface area contributed by atoms with E-state index in [9.17, 15) is 55.7 Å². The molecule has 30 heteroatoms. The molecule has 2 heterocycles. The highest BCUT2D eigenvalue weighted by molar-refractivity contribution is 7.95. The van der Waals surface area contributed by atoms with Gasteiger partial charge in [-0.2, -0.15) is 42.1 Å². The molecule has 0 aliphatic carbocycles. The van der Waals surface area contributed by atoms with Crippen LogP contribution in [-0.2, 0) is 60.0 Å². The number of hydrogen-bond acceptors (Lipinski definition) is 20. The van der Waals surface area contributed by atoms with Crippen molar-refractivity contribution in [3.05, 3.63) is 60.7 Å². The van der Waals surface area contributed by atoms with Gasteiger partial charge < -0.3 is 8.37 Å². The van der Waals surface area contributed by atoms with Crippen LogP contribution in [0.2, 0.25) is 0 Å². The smallest absolute Gasteiger partial charge is 0.306 e. The molecule has 0 saturated heterocycles. The average molecular weight is 921 g/mol. The lowest BCUT2D eigenvalue weighted by Crippen LogP contribution is -2.14. The van der Waals surface area contributed by atoms with Crippen molar-refractivity contribution in [3.8, 4) is 22.9 Å². The van der Waals surface area contributed by atoms with E-state index in [4.69, 9.17) is 13.6 Å². The predicted molar refractivity (Wildman–Crippen MR) is 197 cm³/mol. The molecule has 58 heavy (non-hydrogen) atoms. The quantitative estimate of drug-likeness (QED) is 0.0449. The van der Waals surface area contributed by atoms with E-state index in [1.165, 1.54) is 18.2 Å². The summed E-state index contributed by atoms with van der Waals surface area (Å²) in [7, 11) is -23.9. The predicted octanol–water partition coefficient (Wildman–Crippen LogP) is 2.31. The molecule has 0 spiro atoms. The summed E-state index contributed by atoms with van der Waals surface area (Å²) in [4.78, 5) is -1.04. The molecule has 0 amide bonds. The first kappa shape index (κ1) is 41.1. The standard InChI is InChI=1S/C28H20N6O18S6/c1-54(36,37)49-23-12-22(34-30-20-6-4-16-18(28(20)32-34)8-14(57(43,44)45)10-26(16)58(46,47)48)24(50-55(2,38)39)11-21(23)33-29-19-5-3-15-17(27(19)31-33)7-13(56(40,41)42)9-25(15)53-52-51-35/h3-12,35H,1-2H3,(H,40,41,42)(H,43,44,45)(H,46,47,48). The lowest BCUT2D eigenvalue weighted by atomic mass is 10.1. The van der Waals surface area contributed by atoms with E-state index >= 15 is 0 Å². The molecule has 0 unspecified atom stereocenters. The van der Waals surface area contributed by atoms with E-state index in [1.807, 2.05) is 0 Å². The van der Waals surface area contributed by atoms with Crippen molar-refractivity contribution >= 4 is 106 Å². The average Bonchev–Trinajstić information content (AvgIpc) is 3.73. The third kappa shape index (κ3) is 8.12. The molecule has 7 aromatic rings. The van der Waals surface area contributed by atoms with Crippen LogP contribution in [0.1, 0.15) is 0 Å². The summed E-state index contributed by atoms with van der Waals surface area (Å²) in [5.41, 5.74) is -1.28. The Morgan fingerprint density at radius 2 is 1.00 bits per heavy atom. The van der Waals surface area contributed by atoms with E-state index in [0.717, 1.165) is 41.2 Å². The molecule has 24 nitrogen and oxygen atoms in total. The van der Waals surface area contributed by atoms with Gasteiger partial charge in [-0.15, -0.1) is 34.3 Å². The molecule has 0 aliphatic rings. The maximum atomic E-state index is 12.6. The number of nitrogens with zero attached hydrogens (tertiary/aromatic N) is 6. The highest BCUT2D eigenvalue weighted by Gasteiger charge is 2.27. The number of hydrogen-bond donors (Lipinski definition) is 4. The van der Waals surface area contributed by atoms with Crippen LogP contribution in [-0.4, -0.2) is 104 Å². The van der Waals surface area contributed by atoms with Crippen molar-refractivity contribution < 1.29 is 78.7 Å². The Morgan fingerprint density at radius 3 is 1.43 bits per heavy atom. The Labute approximate surface area is 329 Å². The van der Waals surface area contributed by atoms with Gasteiger partial charge >= 0.3 is 20.2 Å². The summed E-state index contributed by atoms with van der Waals surface area (Å²) in [6.07, 6.45) is 1.32. The highest BCUT2D eigenvalue weighted by atomic mass is 32.2. The Hall–Kier alpha value is -5.12. The monoisotopic (exact) mass is 920 g/mol. The van der Waals surface area contributed by atoms with E-state index in [1.54, 1.807) is 0 Å². The van der Waals surface area contributed by atoms with Crippen molar-refractivity contribution in [2.75, 3.05) is 12.5 Å². The summed E-state index contributed by atoms with van der Waals surface area (Å²) in [6.45, 7) is 0. The number of aromatic nitrogens is 6. The van der Waals surface area contributed by atoms with Crippen LogP contribution in [0.25, 0.3) is 55.0 Å². The molecular weight excluding hydrogens is 901 g/mol. The molecule has 7 rings (SSSR count). The third-order valence-corrected chi connectivity index (χ3v) is 12.0. The van der Waals surface area contributed by atoms with Crippen LogP contribution in [0.5, 0.6) is 11.5 Å². The topological polar surface area (TPSA) is 350 Å². The van der Waals surface area contributed by atoms with Gasteiger partial charge in [0.05, 0.1) is 34.3 Å². The summed E-state index contributed by atoms with van der Waals surface area (Å²) >= 11 is 0.360. The molecule has 0 radical (unpaired) electrons. The first-order valence-electron chi connectivity index (χ1n) is 15.0. The summed E-state index contributed by atoms with van der Waals surface area (Å²) in [5, 5.41) is 29.1. The fourth-order valence-electron chi connectivity index (χ4n) is 5.66. The van der Waals surface area contributed by atoms with Gasteiger partial charge in [-0.05, 0) is 36.4 Å². The zero-order valence-corrected chi connectivity index (χ0v) is 33.3. The van der Waals surface area contributed by atoms with Crippen LogP contribution < -0.4 is 8.37 Å². The summed E-state index contributed by atoms with van der Waals surface area (Å²) < 4.78 is 167. The fourth-order valence-corrected chi connectivity index (χ4v) is 9.08. The van der Waals surface area contributed by atoms with Gasteiger partial charge in [-0.1, -0.05) is 17.2 Å². The second-order valence-corrected chi connectivity index (χ2v) is 20.0. The fraction of sp³-hybridized carbons (Fsp3) is 0.0714. The van der Waals surface area contributed by atoms with E-state index < -0.39 is 88.2 Å². The van der Waals surface area contributed by atoms with Crippen molar-refractivity contribution in [1.29, 1.82) is 0 Å². The van der Waals surface area contributed by atoms with Crippen molar-refractivity contribution in [2.45, 2.75) is 19.6 Å². The Balaban J connectivity index is 1.51. The van der Waals surface area contributed by atoms with Gasteiger partial charge in [0.1, 0.15) is 38.3 Å². The van der Waals surface area contributed by atoms with Crippen LogP contribution in [0.3, 0.4) is 0 Å². The molecule has 0 aliphatic heterocycles. The van der Waals surface area contributed by atoms with Crippen molar-refractivity contribution in [3.63, 3.8) is 0 Å². The summed E-state index contributed by atoms with van der Waals surface area (Å²) in [5.74, 6) is -1.24. The third-order valence-electron chi connectivity index (χ3n) is 7.82. The zero-order valence-electron chi connectivity index (χ0n) is 28.4. The van der Waals surface area contributed by atoms with Gasteiger partial charge in [0, 0.05) is 38.6 Å². The van der Waals surface area contributed by atoms with Crippen molar-refractivity contribution in [1.82, 2.24) is 30.0 Å². The Morgan fingerprint density at radius 1 is 0.552 bits per heavy atom. The van der Waals surface area contributed by atoms with Crippen molar-refractivity contribution in [2.24, 2.45) is 0 Å². The van der Waals surface area contributed by atoms with Crippen LogP contribution >= 0.6 is 12.0 Å². The van der Waals surface area contributed by atoms with Gasteiger partial charge in [0.25, 0.3) is 30.4 Å². The van der Waals surface area contributed by atoms with E-state index in [-0.39, 0.29) is 48.5 Å². The molecule has 5 aromatic carbocycles. The number of benzene rings is 5. The molecule has 4 N–H and O–H groups in total. The normalized spacial score (nSPS) is 13.2. The molecule has 306 valence electrons. The van der Waals surface area contributed by atoms with Crippen LogP contribution in [0.15, 0.2) is 80.2 Å². The minimum Gasteiger partial charge on any atom is -0.380 e. The van der Waals surface area contributed by atoms with Gasteiger partial charge in [-0.3, -0.25) is 13.7 Å². The number of fused-ring (bicyclic) bond motifs is 6. The lowest BCUT2D eigenvalue weighted by Gasteiger charge is -2.14. The maximum Gasteiger partial charge on any atom is 0.306 e. The minimum atomic E-state index is -5.11.